The molecule has 0 aliphatic carbocycles. The first kappa shape index (κ1) is 19.9. The molecule has 3 aromatic rings. The summed E-state index contributed by atoms with van der Waals surface area (Å²) in [6.07, 6.45) is 0.354. The third-order valence-electron chi connectivity index (χ3n) is 4.12. The Hall–Kier alpha value is -3.81. The smallest absolute Gasteiger partial charge is 0.311 e. The summed E-state index contributed by atoms with van der Waals surface area (Å²) in [6.45, 7) is 2.88. The van der Waals surface area contributed by atoms with Crippen LogP contribution >= 0.6 is 0 Å². The van der Waals surface area contributed by atoms with Crippen LogP contribution in [0.1, 0.15) is 19.4 Å². The number of aromatic hydroxyl groups is 1. The number of carbonyl (C=O) groups is 3. The lowest BCUT2D eigenvalue weighted by Gasteiger charge is -2.13. The van der Waals surface area contributed by atoms with Crippen molar-refractivity contribution in [3.05, 3.63) is 54.3 Å². The minimum atomic E-state index is -1.00. The lowest BCUT2D eigenvalue weighted by Crippen LogP contribution is -2.30. The number of hydrogen-bond donors (Lipinski definition) is 3. The Balaban J connectivity index is 1.55. The molecule has 8 heteroatoms. The summed E-state index contributed by atoms with van der Waals surface area (Å²) in [5.74, 6) is -1.18. The molecule has 3 N–H and O–H groups in total. The Labute approximate surface area is 166 Å². The predicted molar refractivity (Wildman–Crippen MR) is 107 cm³/mol. The highest BCUT2D eigenvalue weighted by Crippen LogP contribution is 2.25. The minimum absolute atomic E-state index is 0.0661. The van der Waals surface area contributed by atoms with Crippen molar-refractivity contribution in [2.75, 3.05) is 10.6 Å². The monoisotopic (exact) mass is 396 g/mol. The second-order valence-corrected chi connectivity index (χ2v) is 6.50. The molecule has 0 unspecified atom stereocenters. The number of esters is 1. The third kappa shape index (κ3) is 5.13. The van der Waals surface area contributed by atoms with Gasteiger partial charge in [0.2, 0.25) is 5.91 Å². The maximum Gasteiger partial charge on any atom is 0.311 e. The zero-order valence-corrected chi connectivity index (χ0v) is 15.9. The normalized spacial score (nSPS) is 11.7. The second-order valence-electron chi connectivity index (χ2n) is 6.50. The van der Waals surface area contributed by atoms with Gasteiger partial charge in [-0.3, -0.25) is 14.4 Å². The number of nitrogens with one attached hydrogen (secondary N) is 2. The zero-order chi connectivity index (χ0) is 21.0. The van der Waals surface area contributed by atoms with Gasteiger partial charge in [-0.05, 0) is 43.3 Å². The van der Waals surface area contributed by atoms with E-state index in [1.165, 1.54) is 32.2 Å². The van der Waals surface area contributed by atoms with Gasteiger partial charge in [-0.2, -0.15) is 0 Å². The number of rotatable bonds is 6. The van der Waals surface area contributed by atoms with E-state index in [0.717, 1.165) is 0 Å². The number of fused-ring (bicyclic) bond motifs is 1. The molecule has 0 aliphatic heterocycles. The Morgan fingerprint density at radius 3 is 2.38 bits per heavy atom. The molecule has 0 saturated heterocycles. The SMILES string of the molecule is CC(=O)Nc1ccc(NC(=O)[C@@H](C)OC(=O)Cc2coc3cc(O)ccc23)cc1. The van der Waals surface area contributed by atoms with Crippen LogP contribution in [0.2, 0.25) is 0 Å². The molecular formula is C21H20N2O6. The van der Waals surface area contributed by atoms with Crippen LogP contribution < -0.4 is 10.6 Å². The quantitative estimate of drug-likeness (QED) is 0.551. The zero-order valence-electron chi connectivity index (χ0n) is 15.9. The Morgan fingerprint density at radius 2 is 1.72 bits per heavy atom. The maximum absolute atomic E-state index is 12.3. The summed E-state index contributed by atoms with van der Waals surface area (Å²) in [7, 11) is 0. The van der Waals surface area contributed by atoms with Crippen molar-refractivity contribution >= 4 is 40.1 Å². The van der Waals surface area contributed by atoms with Crippen molar-refractivity contribution in [1.29, 1.82) is 0 Å². The van der Waals surface area contributed by atoms with Crippen LogP contribution in [0.15, 0.2) is 53.1 Å². The molecule has 0 bridgehead atoms. The minimum Gasteiger partial charge on any atom is -0.508 e. The summed E-state index contributed by atoms with van der Waals surface area (Å²) in [6, 6.07) is 11.2. The van der Waals surface area contributed by atoms with Gasteiger partial charge in [0.25, 0.3) is 5.91 Å². The van der Waals surface area contributed by atoms with Gasteiger partial charge in [0.05, 0.1) is 12.7 Å². The maximum atomic E-state index is 12.3. The molecule has 1 atom stereocenters. The molecule has 2 aromatic carbocycles. The number of ether oxygens (including phenoxy) is 1. The molecule has 0 radical (unpaired) electrons. The molecule has 0 fully saturated rings. The van der Waals surface area contributed by atoms with E-state index < -0.39 is 18.0 Å². The number of carbonyl (C=O) groups excluding carboxylic acids is 3. The van der Waals surface area contributed by atoms with E-state index in [1.54, 1.807) is 30.3 Å². The van der Waals surface area contributed by atoms with Crippen molar-refractivity contribution in [3.63, 3.8) is 0 Å². The van der Waals surface area contributed by atoms with Crippen molar-refractivity contribution in [2.45, 2.75) is 26.4 Å². The molecule has 0 spiro atoms. The summed E-state index contributed by atoms with van der Waals surface area (Å²) >= 11 is 0. The fourth-order valence-corrected chi connectivity index (χ4v) is 2.74. The first-order chi connectivity index (χ1) is 13.8. The van der Waals surface area contributed by atoms with Crippen molar-refractivity contribution in [1.82, 2.24) is 0 Å². The van der Waals surface area contributed by atoms with Gasteiger partial charge < -0.3 is 24.9 Å². The molecular weight excluding hydrogens is 376 g/mol. The number of phenolic OH excluding ortho intramolecular Hbond substituents is 1. The fraction of sp³-hybridized carbons (Fsp3) is 0.190. The van der Waals surface area contributed by atoms with Gasteiger partial charge in [0.15, 0.2) is 6.10 Å². The Morgan fingerprint density at radius 1 is 1.07 bits per heavy atom. The van der Waals surface area contributed by atoms with Crippen LogP contribution in [0, 0.1) is 0 Å². The van der Waals surface area contributed by atoms with E-state index in [2.05, 4.69) is 10.6 Å². The largest absolute Gasteiger partial charge is 0.508 e. The van der Waals surface area contributed by atoms with E-state index >= 15 is 0 Å². The standard InChI is InChI=1S/C21H20N2O6/c1-12(21(27)23-16-5-3-15(4-6-16)22-13(2)24)29-20(26)9-14-11-28-19-10-17(25)7-8-18(14)19/h3-8,10-12,25H,9H2,1-2H3,(H,22,24)(H,23,27)/t12-/m1/s1. The van der Waals surface area contributed by atoms with Gasteiger partial charge in [-0.15, -0.1) is 0 Å². The van der Waals surface area contributed by atoms with E-state index in [-0.39, 0.29) is 18.1 Å². The van der Waals surface area contributed by atoms with Crippen LogP contribution in [0.3, 0.4) is 0 Å². The van der Waals surface area contributed by atoms with Gasteiger partial charge in [0, 0.05) is 35.3 Å². The number of furan rings is 1. The van der Waals surface area contributed by atoms with Crippen LogP contribution in [0.4, 0.5) is 11.4 Å². The van der Waals surface area contributed by atoms with Crippen molar-refractivity contribution in [3.8, 4) is 5.75 Å². The van der Waals surface area contributed by atoms with E-state index in [1.807, 2.05) is 0 Å². The van der Waals surface area contributed by atoms with Crippen molar-refractivity contribution < 1.29 is 28.6 Å². The predicted octanol–water partition coefficient (Wildman–Crippen LogP) is 3.21. The molecule has 3 rings (SSSR count). The molecule has 0 saturated carbocycles. The Bertz CT molecular complexity index is 1050. The Kier molecular flexibility index (Phi) is 5.82. The lowest BCUT2D eigenvalue weighted by atomic mass is 10.1. The fourth-order valence-electron chi connectivity index (χ4n) is 2.74. The molecule has 1 heterocycles. The molecule has 8 nitrogen and oxygen atoms in total. The highest BCUT2D eigenvalue weighted by Gasteiger charge is 2.19. The number of hydrogen-bond acceptors (Lipinski definition) is 6. The molecule has 29 heavy (non-hydrogen) atoms. The number of phenols is 1. The van der Waals surface area contributed by atoms with Crippen LogP contribution in [-0.4, -0.2) is 29.0 Å². The average Bonchev–Trinajstić information content (AvgIpc) is 3.04. The molecule has 1 aromatic heterocycles. The van der Waals surface area contributed by atoms with Crippen LogP contribution in [-0.2, 0) is 25.5 Å². The summed E-state index contributed by atoms with van der Waals surface area (Å²) in [5, 5.41) is 15.4. The molecule has 2 amide bonds. The second kappa shape index (κ2) is 8.47. The van der Waals surface area contributed by atoms with E-state index in [4.69, 9.17) is 9.15 Å². The summed E-state index contributed by atoms with van der Waals surface area (Å²) < 4.78 is 10.5. The van der Waals surface area contributed by atoms with Gasteiger partial charge in [-0.1, -0.05) is 0 Å². The highest BCUT2D eigenvalue weighted by atomic mass is 16.5. The molecule has 0 aliphatic rings. The third-order valence-corrected chi connectivity index (χ3v) is 4.12. The number of benzene rings is 2. The number of amides is 2. The van der Waals surface area contributed by atoms with Gasteiger partial charge in [-0.25, -0.2) is 0 Å². The van der Waals surface area contributed by atoms with E-state index in [9.17, 15) is 19.5 Å². The topological polar surface area (TPSA) is 118 Å². The summed E-state index contributed by atoms with van der Waals surface area (Å²) in [4.78, 5) is 35.5. The summed E-state index contributed by atoms with van der Waals surface area (Å²) in [5.41, 5.74) is 2.18. The van der Waals surface area contributed by atoms with Gasteiger partial charge >= 0.3 is 5.97 Å². The van der Waals surface area contributed by atoms with Crippen molar-refractivity contribution in [2.24, 2.45) is 0 Å². The average molecular weight is 396 g/mol. The van der Waals surface area contributed by atoms with Crippen LogP contribution in [0.5, 0.6) is 5.75 Å². The van der Waals surface area contributed by atoms with E-state index in [0.29, 0.717) is 27.9 Å². The van der Waals surface area contributed by atoms with Gasteiger partial charge in [0.1, 0.15) is 11.3 Å². The van der Waals surface area contributed by atoms with Crippen LogP contribution in [0.25, 0.3) is 11.0 Å². The first-order valence-electron chi connectivity index (χ1n) is 8.89. The molecule has 150 valence electrons. The number of anilines is 2. The lowest BCUT2D eigenvalue weighted by molar-refractivity contribution is -0.152. The highest BCUT2D eigenvalue weighted by molar-refractivity contribution is 5.96. The first-order valence-corrected chi connectivity index (χ1v) is 8.89.